The fourth-order valence-corrected chi connectivity index (χ4v) is 1.43. The molecule has 1 aromatic carbocycles. The third-order valence-electron chi connectivity index (χ3n) is 2.30. The van der Waals surface area contributed by atoms with Crippen molar-refractivity contribution >= 4 is 0 Å². The van der Waals surface area contributed by atoms with Gasteiger partial charge in [-0.1, -0.05) is 30.3 Å². The minimum Gasteiger partial charge on any atom is -0.321 e. The molecule has 5 heteroatoms. The molecule has 0 aliphatic rings. The number of rotatable bonds is 4. The van der Waals surface area contributed by atoms with Crippen LogP contribution in [0.1, 0.15) is 23.9 Å². The van der Waals surface area contributed by atoms with Gasteiger partial charge in [0.25, 0.3) is 0 Å². The first-order valence-electron chi connectivity index (χ1n) is 4.89. The lowest BCUT2D eigenvalue weighted by molar-refractivity contribution is 0.613. The molecule has 3 N–H and O–H groups in total. The number of tetrazole rings is 1. The molecule has 0 bridgehead atoms. The van der Waals surface area contributed by atoms with Gasteiger partial charge in [-0.25, -0.2) is 5.10 Å². The Morgan fingerprint density at radius 3 is 2.73 bits per heavy atom. The molecule has 0 aliphatic carbocycles. The zero-order valence-corrected chi connectivity index (χ0v) is 8.30. The Balaban J connectivity index is 1.89. The predicted molar refractivity (Wildman–Crippen MR) is 55.9 cm³/mol. The highest BCUT2D eigenvalue weighted by molar-refractivity contribution is 5.15. The lowest BCUT2D eigenvalue weighted by Crippen LogP contribution is -2.13. The molecule has 1 aromatic heterocycles. The van der Waals surface area contributed by atoms with Crippen LogP contribution < -0.4 is 5.73 Å². The number of aromatic nitrogens is 4. The molecule has 0 radical (unpaired) electrons. The summed E-state index contributed by atoms with van der Waals surface area (Å²) in [5.41, 5.74) is 7.19. The quantitative estimate of drug-likeness (QED) is 0.771. The van der Waals surface area contributed by atoms with Crippen molar-refractivity contribution in [2.24, 2.45) is 5.73 Å². The van der Waals surface area contributed by atoms with E-state index in [4.69, 9.17) is 5.73 Å². The summed E-state index contributed by atoms with van der Waals surface area (Å²) >= 11 is 0. The van der Waals surface area contributed by atoms with E-state index in [-0.39, 0.29) is 6.04 Å². The van der Waals surface area contributed by atoms with Crippen LogP contribution in [0.3, 0.4) is 0 Å². The van der Waals surface area contributed by atoms with Gasteiger partial charge in [0.2, 0.25) is 0 Å². The van der Waals surface area contributed by atoms with E-state index < -0.39 is 0 Å². The molecule has 0 spiro atoms. The van der Waals surface area contributed by atoms with Gasteiger partial charge in [-0.3, -0.25) is 0 Å². The summed E-state index contributed by atoms with van der Waals surface area (Å²) in [6.45, 7) is 0. The van der Waals surface area contributed by atoms with Crippen molar-refractivity contribution in [1.82, 2.24) is 20.6 Å². The molecule has 0 amide bonds. The Morgan fingerprint density at radius 2 is 2.07 bits per heavy atom. The third kappa shape index (κ3) is 2.60. The van der Waals surface area contributed by atoms with Crippen LogP contribution in [0.4, 0.5) is 0 Å². The van der Waals surface area contributed by atoms with Gasteiger partial charge in [0, 0.05) is 0 Å². The second-order valence-electron chi connectivity index (χ2n) is 3.42. The van der Waals surface area contributed by atoms with Crippen LogP contribution in [0.5, 0.6) is 0 Å². The van der Waals surface area contributed by atoms with Gasteiger partial charge in [0.15, 0.2) is 5.82 Å². The van der Waals surface area contributed by atoms with Gasteiger partial charge < -0.3 is 5.73 Å². The van der Waals surface area contributed by atoms with Crippen molar-refractivity contribution in [3.05, 3.63) is 41.7 Å². The van der Waals surface area contributed by atoms with Crippen LogP contribution in [0.2, 0.25) is 0 Å². The number of H-pyrrole nitrogens is 1. The summed E-state index contributed by atoms with van der Waals surface area (Å²) in [5.74, 6) is 0.644. The van der Waals surface area contributed by atoms with Crippen LogP contribution in [0, 0.1) is 0 Å². The maximum Gasteiger partial charge on any atom is 0.165 e. The van der Waals surface area contributed by atoms with E-state index in [1.54, 1.807) is 0 Å². The van der Waals surface area contributed by atoms with Crippen molar-refractivity contribution < 1.29 is 0 Å². The van der Waals surface area contributed by atoms with Crippen molar-refractivity contribution in [1.29, 1.82) is 0 Å². The zero-order chi connectivity index (χ0) is 10.5. The smallest absolute Gasteiger partial charge is 0.165 e. The topological polar surface area (TPSA) is 80.5 Å². The number of nitrogens with zero attached hydrogens (tertiary/aromatic N) is 3. The lowest BCUT2D eigenvalue weighted by Gasteiger charge is -2.06. The molecule has 0 saturated carbocycles. The molecular weight excluding hydrogens is 190 g/mol. The van der Waals surface area contributed by atoms with E-state index >= 15 is 0 Å². The Hall–Kier alpha value is -1.75. The SMILES string of the molecule is NC(CCc1ccccc1)c1nnn[nH]1. The van der Waals surface area contributed by atoms with Gasteiger partial charge in [-0.05, 0) is 28.8 Å². The number of aryl methyl sites for hydroxylation is 1. The Bertz CT molecular complexity index is 383. The number of hydrogen-bond donors (Lipinski definition) is 2. The van der Waals surface area contributed by atoms with Crippen LogP contribution >= 0.6 is 0 Å². The average Bonchev–Trinajstić information content (AvgIpc) is 2.81. The largest absolute Gasteiger partial charge is 0.321 e. The molecule has 0 fully saturated rings. The fraction of sp³-hybridized carbons (Fsp3) is 0.300. The van der Waals surface area contributed by atoms with E-state index in [1.165, 1.54) is 5.56 Å². The summed E-state index contributed by atoms with van der Waals surface area (Å²) in [6.07, 6.45) is 1.77. The Morgan fingerprint density at radius 1 is 1.27 bits per heavy atom. The van der Waals surface area contributed by atoms with Gasteiger partial charge in [-0.2, -0.15) is 0 Å². The highest BCUT2D eigenvalue weighted by Gasteiger charge is 2.09. The number of hydrogen-bond acceptors (Lipinski definition) is 4. The molecule has 15 heavy (non-hydrogen) atoms. The molecule has 0 saturated heterocycles. The maximum atomic E-state index is 5.91. The van der Waals surface area contributed by atoms with Crippen LogP contribution in [-0.2, 0) is 6.42 Å². The van der Waals surface area contributed by atoms with Gasteiger partial charge >= 0.3 is 0 Å². The molecule has 2 rings (SSSR count). The molecule has 1 heterocycles. The molecule has 0 aliphatic heterocycles. The van der Waals surface area contributed by atoms with Crippen molar-refractivity contribution in [2.45, 2.75) is 18.9 Å². The normalized spacial score (nSPS) is 12.6. The first-order valence-corrected chi connectivity index (χ1v) is 4.89. The summed E-state index contributed by atoms with van der Waals surface area (Å²) in [6, 6.07) is 10.1. The van der Waals surface area contributed by atoms with Crippen molar-refractivity contribution in [3.63, 3.8) is 0 Å². The van der Waals surface area contributed by atoms with E-state index in [0.717, 1.165) is 12.8 Å². The van der Waals surface area contributed by atoms with E-state index in [9.17, 15) is 0 Å². The van der Waals surface area contributed by atoms with E-state index in [0.29, 0.717) is 5.82 Å². The van der Waals surface area contributed by atoms with Gasteiger partial charge in [0.1, 0.15) is 0 Å². The summed E-state index contributed by atoms with van der Waals surface area (Å²) in [7, 11) is 0. The maximum absolute atomic E-state index is 5.91. The number of aromatic amines is 1. The summed E-state index contributed by atoms with van der Waals surface area (Å²) < 4.78 is 0. The molecular formula is C10H13N5. The number of nitrogens with two attached hydrogens (primary N) is 1. The minimum absolute atomic E-state index is 0.125. The van der Waals surface area contributed by atoms with E-state index in [2.05, 4.69) is 32.8 Å². The second-order valence-corrected chi connectivity index (χ2v) is 3.42. The second kappa shape index (κ2) is 4.65. The first kappa shape index (κ1) is 9.79. The zero-order valence-electron chi connectivity index (χ0n) is 8.30. The fourth-order valence-electron chi connectivity index (χ4n) is 1.43. The van der Waals surface area contributed by atoms with Gasteiger partial charge in [-0.15, -0.1) is 5.10 Å². The first-order chi connectivity index (χ1) is 7.36. The Kier molecular flexibility index (Phi) is 3.04. The average molecular weight is 203 g/mol. The summed E-state index contributed by atoms with van der Waals surface area (Å²) in [5, 5.41) is 13.5. The predicted octanol–water partition coefficient (Wildman–Crippen LogP) is 0.832. The third-order valence-corrected chi connectivity index (χ3v) is 2.30. The van der Waals surface area contributed by atoms with E-state index in [1.807, 2.05) is 18.2 Å². The van der Waals surface area contributed by atoms with Crippen molar-refractivity contribution in [2.75, 3.05) is 0 Å². The highest BCUT2D eigenvalue weighted by atomic mass is 15.5. The minimum atomic E-state index is -0.125. The Labute approximate surface area is 87.7 Å². The van der Waals surface area contributed by atoms with Crippen LogP contribution in [0.15, 0.2) is 30.3 Å². The standard InChI is InChI=1S/C10H13N5/c11-9(10-12-14-15-13-10)7-6-8-4-2-1-3-5-8/h1-5,9H,6-7,11H2,(H,12,13,14,15). The van der Waals surface area contributed by atoms with Gasteiger partial charge in [0.05, 0.1) is 6.04 Å². The summed E-state index contributed by atoms with van der Waals surface area (Å²) in [4.78, 5) is 0. The lowest BCUT2D eigenvalue weighted by atomic mass is 10.1. The molecule has 1 atom stereocenters. The molecule has 5 nitrogen and oxygen atoms in total. The van der Waals surface area contributed by atoms with Crippen LogP contribution in [-0.4, -0.2) is 20.6 Å². The highest BCUT2D eigenvalue weighted by Crippen LogP contribution is 2.11. The van der Waals surface area contributed by atoms with Crippen molar-refractivity contribution in [3.8, 4) is 0 Å². The molecule has 2 aromatic rings. The molecule has 1 unspecified atom stereocenters. The number of benzene rings is 1. The number of nitrogens with one attached hydrogen (secondary N) is 1. The van der Waals surface area contributed by atoms with Crippen LogP contribution in [0.25, 0.3) is 0 Å². The monoisotopic (exact) mass is 203 g/mol. The molecule has 78 valence electrons.